The number of anilines is 1. The van der Waals surface area contributed by atoms with E-state index in [4.69, 9.17) is 10.9 Å². The number of nitrogens with two attached hydrogens (primary N) is 1. The monoisotopic (exact) mass is 286 g/mol. The van der Waals surface area contributed by atoms with E-state index in [2.05, 4.69) is 15.0 Å². The lowest BCUT2D eigenvalue weighted by Gasteiger charge is -2.33. The van der Waals surface area contributed by atoms with E-state index >= 15 is 0 Å². The number of benzene rings is 1. The highest BCUT2D eigenvalue weighted by atomic mass is 16.4. The molecule has 2 heterocycles. The van der Waals surface area contributed by atoms with E-state index in [1.54, 1.807) is 6.20 Å². The number of oxime groups is 1. The van der Waals surface area contributed by atoms with Crippen LogP contribution in [0.5, 0.6) is 0 Å². The zero-order valence-corrected chi connectivity index (χ0v) is 11.6. The van der Waals surface area contributed by atoms with Crippen molar-refractivity contribution in [1.29, 1.82) is 0 Å². The summed E-state index contributed by atoms with van der Waals surface area (Å²) in [7, 11) is 0. The Balaban J connectivity index is 2.16. The van der Waals surface area contributed by atoms with Gasteiger partial charge < -0.3 is 20.9 Å². The van der Waals surface area contributed by atoms with Crippen LogP contribution >= 0.6 is 0 Å². The van der Waals surface area contributed by atoms with Crippen LogP contribution in [-0.4, -0.2) is 40.3 Å². The van der Waals surface area contributed by atoms with Gasteiger partial charge in [-0.2, -0.15) is 0 Å². The summed E-state index contributed by atoms with van der Waals surface area (Å²) in [4.78, 5) is 6.54. The molecule has 4 N–H and O–H groups in total. The Hall–Kier alpha value is -2.34. The SMILES string of the molecule is N/C(=N\O)c1cnc2ccccc2c1N1CCC(O)CC1. The molecule has 110 valence electrons. The van der Waals surface area contributed by atoms with Gasteiger partial charge in [0.25, 0.3) is 0 Å². The Bertz CT molecular complexity index is 678. The fraction of sp³-hybridized carbons (Fsp3) is 0.333. The molecule has 1 aliphatic heterocycles. The van der Waals surface area contributed by atoms with Crippen LogP contribution in [-0.2, 0) is 0 Å². The van der Waals surface area contributed by atoms with E-state index in [0.717, 1.165) is 29.7 Å². The number of pyridine rings is 1. The molecule has 0 atom stereocenters. The average Bonchev–Trinajstić information content (AvgIpc) is 2.54. The maximum atomic E-state index is 9.68. The number of hydrogen-bond donors (Lipinski definition) is 3. The van der Waals surface area contributed by atoms with Gasteiger partial charge in [-0.05, 0) is 18.9 Å². The van der Waals surface area contributed by atoms with Crippen molar-refractivity contribution in [1.82, 2.24) is 4.98 Å². The number of aliphatic hydroxyl groups is 1. The minimum atomic E-state index is -0.248. The highest BCUT2D eigenvalue weighted by molar-refractivity contribution is 6.08. The normalized spacial score (nSPS) is 17.4. The fourth-order valence-electron chi connectivity index (χ4n) is 2.80. The molecule has 1 aromatic heterocycles. The first-order chi connectivity index (χ1) is 10.2. The maximum Gasteiger partial charge on any atom is 0.173 e. The summed E-state index contributed by atoms with van der Waals surface area (Å²) in [6.45, 7) is 1.47. The van der Waals surface area contributed by atoms with E-state index < -0.39 is 0 Å². The summed E-state index contributed by atoms with van der Waals surface area (Å²) >= 11 is 0. The highest BCUT2D eigenvalue weighted by Crippen LogP contribution is 2.31. The summed E-state index contributed by atoms with van der Waals surface area (Å²) in [5.74, 6) is 0.0503. The molecule has 1 saturated heterocycles. The third-order valence-electron chi connectivity index (χ3n) is 3.91. The number of aromatic nitrogens is 1. The smallest absolute Gasteiger partial charge is 0.173 e. The van der Waals surface area contributed by atoms with Gasteiger partial charge in [0.05, 0.1) is 22.9 Å². The lowest BCUT2D eigenvalue weighted by atomic mass is 10.0. The van der Waals surface area contributed by atoms with Gasteiger partial charge in [0.1, 0.15) is 0 Å². The summed E-state index contributed by atoms with van der Waals surface area (Å²) in [5.41, 5.74) is 8.21. The van der Waals surface area contributed by atoms with Crippen LogP contribution in [0.15, 0.2) is 35.6 Å². The van der Waals surface area contributed by atoms with Gasteiger partial charge in [0.2, 0.25) is 0 Å². The molecule has 0 amide bonds. The van der Waals surface area contributed by atoms with Crippen LogP contribution in [0.3, 0.4) is 0 Å². The van der Waals surface area contributed by atoms with Crippen LogP contribution in [0.2, 0.25) is 0 Å². The predicted octanol–water partition coefficient (Wildman–Crippen LogP) is 1.29. The molecule has 0 radical (unpaired) electrons. The summed E-state index contributed by atoms with van der Waals surface area (Å²) in [6.07, 6.45) is 2.82. The number of piperidine rings is 1. The third kappa shape index (κ3) is 2.50. The Labute approximate surface area is 122 Å². The molecule has 1 fully saturated rings. The predicted molar refractivity (Wildman–Crippen MR) is 81.7 cm³/mol. The molecule has 1 aliphatic rings. The van der Waals surface area contributed by atoms with Crippen molar-refractivity contribution in [2.45, 2.75) is 18.9 Å². The minimum absolute atomic E-state index is 0.0503. The van der Waals surface area contributed by atoms with Crippen molar-refractivity contribution in [3.63, 3.8) is 0 Å². The molecule has 6 nitrogen and oxygen atoms in total. The van der Waals surface area contributed by atoms with Gasteiger partial charge >= 0.3 is 0 Å². The fourth-order valence-corrected chi connectivity index (χ4v) is 2.80. The number of hydrogen-bond acceptors (Lipinski definition) is 5. The Morgan fingerprint density at radius 3 is 2.71 bits per heavy atom. The van der Waals surface area contributed by atoms with Crippen LogP contribution in [0.4, 0.5) is 5.69 Å². The number of aliphatic hydroxyl groups excluding tert-OH is 1. The van der Waals surface area contributed by atoms with E-state index in [0.29, 0.717) is 18.4 Å². The molecule has 1 aromatic carbocycles. The second-order valence-corrected chi connectivity index (χ2v) is 5.24. The summed E-state index contributed by atoms with van der Waals surface area (Å²) < 4.78 is 0. The average molecular weight is 286 g/mol. The third-order valence-corrected chi connectivity index (χ3v) is 3.91. The number of rotatable bonds is 2. The van der Waals surface area contributed by atoms with Crippen molar-refractivity contribution in [2.75, 3.05) is 18.0 Å². The molecule has 0 aliphatic carbocycles. The van der Waals surface area contributed by atoms with Gasteiger partial charge in [0.15, 0.2) is 5.84 Å². The number of nitrogens with zero attached hydrogens (tertiary/aromatic N) is 3. The molecule has 0 unspecified atom stereocenters. The molecule has 0 saturated carbocycles. The standard InChI is InChI=1S/C15H18N4O2/c16-15(18-21)12-9-17-13-4-2-1-3-11(13)14(12)19-7-5-10(20)6-8-19/h1-4,9-10,20-21H,5-8H2,(H2,16,18). The number of amidine groups is 1. The summed E-state index contributed by atoms with van der Waals surface area (Å²) in [6, 6.07) is 7.80. The first-order valence-corrected chi connectivity index (χ1v) is 6.99. The lowest BCUT2D eigenvalue weighted by molar-refractivity contribution is 0.145. The largest absolute Gasteiger partial charge is 0.409 e. The molecule has 0 bridgehead atoms. The number of para-hydroxylation sites is 1. The molecule has 3 rings (SSSR count). The van der Waals surface area contributed by atoms with Crippen LogP contribution in [0, 0.1) is 0 Å². The van der Waals surface area contributed by atoms with Crippen molar-refractivity contribution >= 4 is 22.4 Å². The van der Waals surface area contributed by atoms with E-state index in [1.165, 1.54) is 0 Å². The number of fused-ring (bicyclic) bond motifs is 1. The van der Waals surface area contributed by atoms with E-state index in [1.807, 2.05) is 24.3 Å². The molecule has 2 aromatic rings. The van der Waals surface area contributed by atoms with Gasteiger partial charge in [-0.1, -0.05) is 23.4 Å². The maximum absolute atomic E-state index is 9.68. The quantitative estimate of drug-likeness (QED) is 0.335. The zero-order valence-electron chi connectivity index (χ0n) is 11.6. The van der Waals surface area contributed by atoms with Crippen molar-refractivity contribution in [3.05, 3.63) is 36.0 Å². The Morgan fingerprint density at radius 1 is 1.29 bits per heavy atom. The minimum Gasteiger partial charge on any atom is -0.409 e. The lowest BCUT2D eigenvalue weighted by Crippen LogP contribution is -2.37. The van der Waals surface area contributed by atoms with E-state index in [9.17, 15) is 5.11 Å². The van der Waals surface area contributed by atoms with Crippen LogP contribution in [0.25, 0.3) is 10.9 Å². The van der Waals surface area contributed by atoms with Crippen molar-refractivity contribution in [2.24, 2.45) is 10.9 Å². The van der Waals surface area contributed by atoms with Gasteiger partial charge in [-0.25, -0.2) is 0 Å². The van der Waals surface area contributed by atoms with E-state index in [-0.39, 0.29) is 11.9 Å². The zero-order chi connectivity index (χ0) is 14.8. The molecular weight excluding hydrogens is 268 g/mol. The Morgan fingerprint density at radius 2 is 2.00 bits per heavy atom. The first kappa shape index (κ1) is 13.6. The second-order valence-electron chi connectivity index (χ2n) is 5.24. The van der Waals surface area contributed by atoms with Crippen LogP contribution in [0.1, 0.15) is 18.4 Å². The van der Waals surface area contributed by atoms with Gasteiger partial charge in [-0.15, -0.1) is 0 Å². The van der Waals surface area contributed by atoms with Crippen LogP contribution < -0.4 is 10.6 Å². The topological polar surface area (TPSA) is 95.0 Å². The molecular formula is C15H18N4O2. The van der Waals surface area contributed by atoms with Gasteiger partial charge in [-0.3, -0.25) is 4.98 Å². The molecule has 0 spiro atoms. The second kappa shape index (κ2) is 5.57. The van der Waals surface area contributed by atoms with Crippen molar-refractivity contribution in [3.8, 4) is 0 Å². The molecule has 6 heteroatoms. The highest BCUT2D eigenvalue weighted by Gasteiger charge is 2.23. The Kier molecular flexibility index (Phi) is 3.62. The molecule has 21 heavy (non-hydrogen) atoms. The first-order valence-electron chi connectivity index (χ1n) is 6.99. The van der Waals surface area contributed by atoms with Gasteiger partial charge in [0, 0.05) is 24.7 Å². The van der Waals surface area contributed by atoms with Crippen molar-refractivity contribution < 1.29 is 10.3 Å². The summed E-state index contributed by atoms with van der Waals surface area (Å²) in [5, 5.41) is 22.8.